The van der Waals surface area contributed by atoms with Crippen molar-refractivity contribution in [3.8, 4) is 0 Å². The standard InChI is InChI=1S/C8H10O2S/c1-3-5-7-11(9,10)8-6-4-2/h3-8H,1-2H2. The van der Waals surface area contributed by atoms with Gasteiger partial charge >= 0.3 is 0 Å². The molecular weight excluding hydrogens is 160 g/mol. The summed E-state index contributed by atoms with van der Waals surface area (Å²) in [7, 11) is -3.21. The molecule has 0 aromatic carbocycles. The second kappa shape index (κ2) is 4.68. The molecule has 0 saturated heterocycles. The molecule has 0 spiro atoms. The quantitative estimate of drug-likeness (QED) is 0.603. The minimum Gasteiger partial charge on any atom is -0.220 e. The van der Waals surface area contributed by atoms with Crippen molar-refractivity contribution in [1.29, 1.82) is 0 Å². The van der Waals surface area contributed by atoms with Crippen molar-refractivity contribution in [2.45, 2.75) is 0 Å². The Balaban J connectivity index is 4.48. The topological polar surface area (TPSA) is 34.1 Å². The third-order valence-electron chi connectivity index (χ3n) is 0.809. The van der Waals surface area contributed by atoms with Gasteiger partial charge in [-0.05, 0) is 0 Å². The van der Waals surface area contributed by atoms with Gasteiger partial charge in [0.2, 0.25) is 0 Å². The molecule has 11 heavy (non-hydrogen) atoms. The highest BCUT2D eigenvalue weighted by molar-refractivity contribution is 7.97. The Morgan fingerprint density at radius 1 is 0.909 bits per heavy atom. The summed E-state index contributed by atoms with van der Waals surface area (Å²) in [5, 5.41) is 2.14. The number of hydrogen-bond acceptors (Lipinski definition) is 2. The first-order valence-corrected chi connectivity index (χ1v) is 4.56. The van der Waals surface area contributed by atoms with Crippen LogP contribution in [0.4, 0.5) is 0 Å². The Bertz CT molecular complexity index is 257. The Kier molecular flexibility index (Phi) is 4.22. The van der Waals surface area contributed by atoms with E-state index in [2.05, 4.69) is 13.2 Å². The molecule has 0 radical (unpaired) electrons. The largest absolute Gasteiger partial charge is 0.220 e. The van der Waals surface area contributed by atoms with Gasteiger partial charge in [0, 0.05) is 10.8 Å². The number of hydrogen-bond donors (Lipinski definition) is 0. The van der Waals surface area contributed by atoms with Crippen molar-refractivity contribution in [2.24, 2.45) is 0 Å². The normalized spacial score (nSPS) is 12.4. The highest BCUT2D eigenvalue weighted by Gasteiger charge is 1.95. The van der Waals surface area contributed by atoms with Gasteiger partial charge in [0.15, 0.2) is 9.84 Å². The lowest BCUT2D eigenvalue weighted by Crippen LogP contribution is -1.86. The van der Waals surface area contributed by atoms with Gasteiger partial charge in [-0.25, -0.2) is 8.42 Å². The van der Waals surface area contributed by atoms with Gasteiger partial charge in [-0.15, -0.1) is 0 Å². The summed E-state index contributed by atoms with van der Waals surface area (Å²) >= 11 is 0. The predicted molar refractivity (Wildman–Crippen MR) is 47.6 cm³/mol. The summed E-state index contributed by atoms with van der Waals surface area (Å²) < 4.78 is 21.8. The average Bonchev–Trinajstić information content (AvgIpc) is 1.97. The molecule has 0 saturated carbocycles. The molecule has 0 bridgehead atoms. The second-order valence-corrected chi connectivity index (χ2v) is 3.44. The van der Waals surface area contributed by atoms with E-state index in [1.165, 1.54) is 24.3 Å². The van der Waals surface area contributed by atoms with Gasteiger partial charge in [0.1, 0.15) is 0 Å². The molecule has 0 amide bonds. The predicted octanol–water partition coefficient (Wildman–Crippen LogP) is 1.80. The fraction of sp³-hybridized carbons (Fsp3) is 0. The minimum absolute atomic E-state index is 1.07. The van der Waals surface area contributed by atoms with Gasteiger partial charge in [0.25, 0.3) is 0 Å². The SMILES string of the molecule is C=CC=CS(=O)(=O)C=CC=C. The molecule has 3 heteroatoms. The first-order chi connectivity index (χ1) is 5.12. The molecule has 0 unspecified atom stereocenters. The summed E-state index contributed by atoms with van der Waals surface area (Å²) in [5.74, 6) is 0. The highest BCUT2D eigenvalue weighted by atomic mass is 32.2. The lowest BCUT2D eigenvalue weighted by atomic mass is 10.6. The van der Waals surface area contributed by atoms with Crippen LogP contribution >= 0.6 is 0 Å². The Hall–Kier alpha value is -1.09. The molecule has 0 aromatic rings. The van der Waals surface area contributed by atoms with E-state index in [-0.39, 0.29) is 0 Å². The van der Waals surface area contributed by atoms with Crippen LogP contribution in [0.5, 0.6) is 0 Å². The molecule has 0 aliphatic carbocycles. The fourth-order valence-corrected chi connectivity index (χ4v) is 1.13. The van der Waals surface area contributed by atoms with Crippen LogP contribution in [0, 0.1) is 0 Å². The van der Waals surface area contributed by atoms with E-state index in [0.717, 1.165) is 10.8 Å². The molecule has 0 aliphatic heterocycles. The highest BCUT2D eigenvalue weighted by Crippen LogP contribution is 1.94. The summed E-state index contributed by atoms with van der Waals surface area (Å²) in [6, 6.07) is 0. The summed E-state index contributed by atoms with van der Waals surface area (Å²) in [4.78, 5) is 0. The third kappa shape index (κ3) is 5.36. The molecule has 0 aliphatic rings. The first kappa shape index (κ1) is 9.91. The Morgan fingerprint density at radius 3 is 1.55 bits per heavy atom. The fourth-order valence-electron chi connectivity index (χ4n) is 0.375. The van der Waals surface area contributed by atoms with Gasteiger partial charge in [-0.1, -0.05) is 37.5 Å². The summed E-state index contributed by atoms with van der Waals surface area (Å²) in [6.45, 7) is 6.70. The molecule has 0 fully saturated rings. The summed E-state index contributed by atoms with van der Waals surface area (Å²) in [6.07, 6.45) is 5.53. The monoisotopic (exact) mass is 170 g/mol. The second-order valence-electron chi connectivity index (χ2n) is 1.72. The Morgan fingerprint density at radius 2 is 1.27 bits per heavy atom. The van der Waals surface area contributed by atoms with Crippen LogP contribution < -0.4 is 0 Å². The lowest BCUT2D eigenvalue weighted by Gasteiger charge is -1.83. The maximum absolute atomic E-state index is 10.9. The van der Waals surface area contributed by atoms with E-state index >= 15 is 0 Å². The number of rotatable bonds is 4. The Labute approximate surface area is 67.2 Å². The van der Waals surface area contributed by atoms with Gasteiger partial charge in [0.05, 0.1) is 0 Å². The van der Waals surface area contributed by atoms with Crippen LogP contribution in [-0.2, 0) is 9.84 Å². The molecule has 0 N–H and O–H groups in total. The molecule has 0 heterocycles. The zero-order valence-corrected chi connectivity index (χ0v) is 6.92. The molecule has 60 valence electrons. The van der Waals surface area contributed by atoms with Gasteiger partial charge in [-0.3, -0.25) is 0 Å². The molecule has 0 aromatic heterocycles. The molecular formula is C8H10O2S. The zero-order chi connectivity index (χ0) is 8.74. The molecule has 2 nitrogen and oxygen atoms in total. The van der Waals surface area contributed by atoms with Crippen LogP contribution in [0.3, 0.4) is 0 Å². The van der Waals surface area contributed by atoms with Crippen molar-refractivity contribution in [1.82, 2.24) is 0 Å². The van der Waals surface area contributed by atoms with E-state index in [1.54, 1.807) is 0 Å². The number of sulfone groups is 1. The molecule has 0 rings (SSSR count). The van der Waals surface area contributed by atoms with Gasteiger partial charge < -0.3 is 0 Å². The van der Waals surface area contributed by atoms with Crippen molar-refractivity contribution in [3.05, 3.63) is 48.3 Å². The maximum atomic E-state index is 10.9. The van der Waals surface area contributed by atoms with Crippen molar-refractivity contribution in [3.63, 3.8) is 0 Å². The van der Waals surface area contributed by atoms with E-state index in [1.807, 2.05) is 0 Å². The van der Waals surface area contributed by atoms with Gasteiger partial charge in [-0.2, -0.15) is 0 Å². The van der Waals surface area contributed by atoms with Crippen LogP contribution in [0.2, 0.25) is 0 Å². The average molecular weight is 170 g/mol. The zero-order valence-electron chi connectivity index (χ0n) is 6.10. The van der Waals surface area contributed by atoms with Crippen LogP contribution in [-0.4, -0.2) is 8.42 Å². The van der Waals surface area contributed by atoms with Crippen molar-refractivity contribution >= 4 is 9.84 Å². The van der Waals surface area contributed by atoms with Crippen LogP contribution in [0.15, 0.2) is 48.3 Å². The van der Waals surface area contributed by atoms with E-state index in [0.29, 0.717) is 0 Å². The maximum Gasteiger partial charge on any atom is 0.193 e. The van der Waals surface area contributed by atoms with Crippen molar-refractivity contribution < 1.29 is 8.42 Å². The summed E-state index contributed by atoms with van der Waals surface area (Å²) in [5.41, 5.74) is 0. The lowest BCUT2D eigenvalue weighted by molar-refractivity contribution is 0.612. The van der Waals surface area contributed by atoms with Crippen LogP contribution in [0.25, 0.3) is 0 Å². The third-order valence-corrected chi connectivity index (χ3v) is 1.88. The number of allylic oxidation sites excluding steroid dienone is 4. The van der Waals surface area contributed by atoms with Crippen LogP contribution in [0.1, 0.15) is 0 Å². The smallest absolute Gasteiger partial charge is 0.193 e. The first-order valence-electron chi connectivity index (χ1n) is 2.95. The van der Waals surface area contributed by atoms with E-state index < -0.39 is 9.84 Å². The molecule has 0 atom stereocenters. The van der Waals surface area contributed by atoms with Crippen molar-refractivity contribution in [2.75, 3.05) is 0 Å². The van der Waals surface area contributed by atoms with E-state index in [4.69, 9.17) is 0 Å². The minimum atomic E-state index is -3.21. The van der Waals surface area contributed by atoms with E-state index in [9.17, 15) is 8.42 Å².